The van der Waals surface area contributed by atoms with Gasteiger partial charge in [0.2, 0.25) is 0 Å². The molecule has 0 unspecified atom stereocenters. The summed E-state index contributed by atoms with van der Waals surface area (Å²) in [4.78, 5) is 0. The maximum Gasteiger partial charge on any atom is 0.265 e. The first kappa shape index (κ1) is 9.21. The molecule has 1 aromatic heterocycles. The number of thiophene rings is 1. The van der Waals surface area contributed by atoms with Crippen LogP contribution in [0.15, 0.2) is 17.5 Å². The minimum atomic E-state index is -2.58. The molecule has 5 heteroatoms. The van der Waals surface area contributed by atoms with Gasteiger partial charge in [-0.25, -0.2) is 8.78 Å². The molecule has 0 radical (unpaired) electrons. The van der Waals surface area contributed by atoms with Crippen LogP contribution in [0.25, 0.3) is 10.1 Å². The number of hydrogen-bond donors (Lipinski definition) is 2. The fourth-order valence-corrected chi connectivity index (χ4v) is 2.21. The van der Waals surface area contributed by atoms with E-state index in [4.69, 9.17) is 11.5 Å². The molecule has 0 saturated carbocycles. The van der Waals surface area contributed by atoms with Crippen LogP contribution in [0.2, 0.25) is 0 Å². The Labute approximate surface area is 83.1 Å². The first-order valence-electron chi connectivity index (χ1n) is 3.94. The molecule has 0 atom stereocenters. The van der Waals surface area contributed by atoms with E-state index in [1.165, 1.54) is 17.4 Å². The van der Waals surface area contributed by atoms with Crippen molar-refractivity contribution in [3.8, 4) is 0 Å². The summed E-state index contributed by atoms with van der Waals surface area (Å²) < 4.78 is 25.8. The van der Waals surface area contributed by atoms with Gasteiger partial charge in [-0.3, -0.25) is 0 Å². The van der Waals surface area contributed by atoms with Crippen LogP contribution in [-0.2, 0) is 0 Å². The van der Waals surface area contributed by atoms with Gasteiger partial charge in [-0.05, 0) is 17.5 Å². The van der Waals surface area contributed by atoms with Crippen LogP contribution in [0.5, 0.6) is 0 Å². The van der Waals surface area contributed by atoms with Crippen molar-refractivity contribution in [3.05, 3.63) is 23.1 Å². The summed E-state index contributed by atoms with van der Waals surface area (Å²) in [6.45, 7) is 0. The molecule has 0 saturated heterocycles. The topological polar surface area (TPSA) is 52.0 Å². The molecule has 0 spiro atoms. The SMILES string of the molecule is Nc1c(C(F)F)cc2sccc2c1N. The van der Waals surface area contributed by atoms with Gasteiger partial charge in [0.25, 0.3) is 6.43 Å². The van der Waals surface area contributed by atoms with Gasteiger partial charge in [-0.15, -0.1) is 11.3 Å². The highest BCUT2D eigenvalue weighted by Crippen LogP contribution is 2.37. The van der Waals surface area contributed by atoms with E-state index in [9.17, 15) is 8.78 Å². The Bertz CT molecular complexity index is 479. The van der Waals surface area contributed by atoms with Crippen molar-refractivity contribution in [1.29, 1.82) is 0 Å². The van der Waals surface area contributed by atoms with E-state index >= 15 is 0 Å². The van der Waals surface area contributed by atoms with Crippen LogP contribution < -0.4 is 11.5 Å². The van der Waals surface area contributed by atoms with Crippen molar-refractivity contribution in [2.45, 2.75) is 6.43 Å². The van der Waals surface area contributed by atoms with E-state index in [0.29, 0.717) is 0 Å². The molecule has 1 heterocycles. The first-order valence-corrected chi connectivity index (χ1v) is 4.82. The molecule has 14 heavy (non-hydrogen) atoms. The molecule has 2 aromatic rings. The smallest absolute Gasteiger partial charge is 0.265 e. The van der Waals surface area contributed by atoms with Crippen molar-refractivity contribution in [2.75, 3.05) is 11.5 Å². The van der Waals surface area contributed by atoms with Gasteiger partial charge in [0.05, 0.1) is 11.4 Å². The van der Waals surface area contributed by atoms with Gasteiger partial charge in [-0.1, -0.05) is 0 Å². The quantitative estimate of drug-likeness (QED) is 0.717. The largest absolute Gasteiger partial charge is 0.397 e. The highest BCUT2D eigenvalue weighted by atomic mass is 32.1. The standard InChI is InChI=1S/C9H8F2N2S/c10-9(11)5-3-6-4(1-2-14-6)7(12)8(5)13/h1-3,9H,12-13H2. The molecule has 0 amide bonds. The van der Waals surface area contributed by atoms with E-state index in [-0.39, 0.29) is 16.9 Å². The minimum absolute atomic E-state index is 0.00843. The second-order valence-electron chi connectivity index (χ2n) is 2.93. The van der Waals surface area contributed by atoms with Gasteiger partial charge >= 0.3 is 0 Å². The van der Waals surface area contributed by atoms with Crippen LogP contribution in [0.1, 0.15) is 12.0 Å². The van der Waals surface area contributed by atoms with Gasteiger partial charge < -0.3 is 11.5 Å². The normalized spacial score (nSPS) is 11.4. The second-order valence-corrected chi connectivity index (χ2v) is 3.87. The van der Waals surface area contributed by atoms with Gasteiger partial charge in [0.1, 0.15) is 0 Å². The number of nitrogen functional groups attached to an aromatic ring is 2. The monoisotopic (exact) mass is 214 g/mol. The predicted molar refractivity (Wildman–Crippen MR) is 55.6 cm³/mol. The highest BCUT2D eigenvalue weighted by molar-refractivity contribution is 7.17. The molecule has 2 nitrogen and oxygen atoms in total. The first-order chi connectivity index (χ1) is 6.61. The van der Waals surface area contributed by atoms with Crippen molar-refractivity contribution in [1.82, 2.24) is 0 Å². The fourth-order valence-electron chi connectivity index (χ4n) is 1.36. The number of alkyl halides is 2. The lowest BCUT2D eigenvalue weighted by Crippen LogP contribution is -2.00. The number of hydrogen-bond acceptors (Lipinski definition) is 3. The summed E-state index contributed by atoms with van der Waals surface area (Å²) in [6, 6.07) is 3.18. The average Bonchev–Trinajstić information content (AvgIpc) is 2.58. The minimum Gasteiger partial charge on any atom is -0.397 e. The summed E-state index contributed by atoms with van der Waals surface area (Å²) in [6.07, 6.45) is -2.58. The molecule has 0 aliphatic rings. The number of anilines is 2. The molecule has 2 rings (SSSR count). The number of fused-ring (bicyclic) bond motifs is 1. The molecule has 74 valence electrons. The van der Waals surface area contributed by atoms with Crippen LogP contribution in [0.3, 0.4) is 0 Å². The molecular weight excluding hydrogens is 206 g/mol. The number of nitrogens with two attached hydrogens (primary N) is 2. The maximum absolute atomic E-state index is 12.5. The van der Waals surface area contributed by atoms with Crippen molar-refractivity contribution in [3.63, 3.8) is 0 Å². The Hall–Kier alpha value is -1.36. The Kier molecular flexibility index (Phi) is 2.03. The average molecular weight is 214 g/mol. The van der Waals surface area contributed by atoms with Crippen LogP contribution in [-0.4, -0.2) is 0 Å². The summed E-state index contributed by atoms with van der Waals surface area (Å²) in [5.74, 6) is 0. The highest BCUT2D eigenvalue weighted by Gasteiger charge is 2.16. The number of halogens is 2. The van der Waals surface area contributed by atoms with Crippen molar-refractivity contribution >= 4 is 32.8 Å². The molecule has 0 aliphatic heterocycles. The van der Waals surface area contributed by atoms with Crippen molar-refractivity contribution < 1.29 is 8.78 Å². The zero-order chi connectivity index (χ0) is 10.3. The summed E-state index contributed by atoms with van der Waals surface area (Å²) in [7, 11) is 0. The Balaban J connectivity index is 2.80. The van der Waals surface area contributed by atoms with E-state index in [1.54, 1.807) is 11.4 Å². The number of benzene rings is 1. The lowest BCUT2D eigenvalue weighted by Gasteiger charge is -2.08. The van der Waals surface area contributed by atoms with E-state index in [0.717, 1.165) is 10.1 Å². The molecule has 1 aromatic carbocycles. The van der Waals surface area contributed by atoms with E-state index < -0.39 is 6.43 Å². The van der Waals surface area contributed by atoms with Gasteiger partial charge in [0.15, 0.2) is 0 Å². The second kappa shape index (κ2) is 3.09. The molecule has 0 aliphatic carbocycles. The molecule has 0 fully saturated rings. The summed E-state index contributed by atoms with van der Waals surface area (Å²) in [5.41, 5.74) is 11.2. The Morgan fingerprint density at radius 3 is 2.57 bits per heavy atom. The lowest BCUT2D eigenvalue weighted by molar-refractivity contribution is 0.152. The fraction of sp³-hybridized carbons (Fsp3) is 0.111. The summed E-state index contributed by atoms with van der Waals surface area (Å²) in [5, 5.41) is 2.55. The maximum atomic E-state index is 12.5. The van der Waals surface area contributed by atoms with E-state index in [2.05, 4.69) is 0 Å². The zero-order valence-electron chi connectivity index (χ0n) is 7.13. The Morgan fingerprint density at radius 2 is 1.93 bits per heavy atom. The van der Waals surface area contributed by atoms with Crippen LogP contribution in [0.4, 0.5) is 20.2 Å². The zero-order valence-corrected chi connectivity index (χ0v) is 7.94. The molecular formula is C9H8F2N2S. The summed E-state index contributed by atoms with van der Waals surface area (Å²) >= 11 is 1.37. The Morgan fingerprint density at radius 1 is 1.21 bits per heavy atom. The third kappa shape index (κ3) is 1.21. The molecule has 4 N–H and O–H groups in total. The molecule has 0 bridgehead atoms. The lowest BCUT2D eigenvalue weighted by atomic mass is 10.1. The van der Waals surface area contributed by atoms with Gasteiger partial charge in [0, 0.05) is 15.6 Å². The van der Waals surface area contributed by atoms with Gasteiger partial charge in [-0.2, -0.15) is 0 Å². The third-order valence-electron chi connectivity index (χ3n) is 2.11. The third-order valence-corrected chi connectivity index (χ3v) is 2.97. The van der Waals surface area contributed by atoms with Crippen molar-refractivity contribution in [2.24, 2.45) is 0 Å². The number of rotatable bonds is 1. The predicted octanol–water partition coefficient (Wildman–Crippen LogP) is 3.00. The van der Waals surface area contributed by atoms with Crippen LogP contribution >= 0.6 is 11.3 Å². The van der Waals surface area contributed by atoms with E-state index in [1.807, 2.05) is 0 Å². The van der Waals surface area contributed by atoms with Crippen LogP contribution in [0, 0.1) is 0 Å².